The third-order valence-electron chi connectivity index (χ3n) is 3.67. The monoisotopic (exact) mass is 386 g/mol. The molecule has 1 aromatic carbocycles. The van der Waals surface area contributed by atoms with E-state index in [9.17, 15) is 9.59 Å². The minimum absolute atomic E-state index is 0.0299. The predicted molar refractivity (Wildman–Crippen MR) is 81.0 cm³/mol. The first kappa shape index (κ1) is 13.8. The maximum Gasteiger partial charge on any atom is 0.250 e. The minimum atomic E-state index is -0.584. The summed E-state index contributed by atoms with van der Waals surface area (Å²) >= 11 is 2.20. The fraction of sp³-hybridized carbons (Fsp3) is 0.429. The average molecular weight is 386 g/mol. The lowest BCUT2D eigenvalue weighted by atomic mass is 9.99. The SMILES string of the molecule is C[C@H]1CN2C(=O)C(c3cccc(I)c3)NC(=O)[C@@H]2CO1. The van der Waals surface area contributed by atoms with Crippen molar-refractivity contribution in [2.75, 3.05) is 13.2 Å². The Morgan fingerprint density at radius 1 is 1.40 bits per heavy atom. The number of piperazine rings is 1. The maximum atomic E-state index is 12.6. The van der Waals surface area contributed by atoms with Gasteiger partial charge in [-0.05, 0) is 47.2 Å². The molecule has 0 aliphatic carbocycles. The van der Waals surface area contributed by atoms with Crippen LogP contribution in [-0.2, 0) is 14.3 Å². The van der Waals surface area contributed by atoms with Gasteiger partial charge in [0.15, 0.2) is 0 Å². The Kier molecular flexibility index (Phi) is 3.68. The van der Waals surface area contributed by atoms with Gasteiger partial charge in [0.2, 0.25) is 5.91 Å². The van der Waals surface area contributed by atoms with E-state index in [4.69, 9.17) is 4.74 Å². The third kappa shape index (κ3) is 2.42. The van der Waals surface area contributed by atoms with E-state index in [2.05, 4.69) is 27.9 Å². The molecule has 0 radical (unpaired) electrons. The van der Waals surface area contributed by atoms with Crippen LogP contribution < -0.4 is 5.32 Å². The van der Waals surface area contributed by atoms with Crippen LogP contribution in [0.2, 0.25) is 0 Å². The molecule has 1 aromatic rings. The molecular weight excluding hydrogens is 371 g/mol. The van der Waals surface area contributed by atoms with E-state index < -0.39 is 12.1 Å². The summed E-state index contributed by atoms with van der Waals surface area (Å²) < 4.78 is 6.51. The summed E-state index contributed by atoms with van der Waals surface area (Å²) in [5, 5.41) is 2.81. The molecule has 0 aromatic heterocycles. The highest BCUT2D eigenvalue weighted by molar-refractivity contribution is 14.1. The summed E-state index contributed by atoms with van der Waals surface area (Å²) in [5.74, 6) is -0.188. The zero-order valence-electron chi connectivity index (χ0n) is 11.0. The first-order chi connectivity index (χ1) is 9.56. The number of carbonyl (C=O) groups is 2. The average Bonchev–Trinajstić information content (AvgIpc) is 2.42. The first-order valence-corrected chi connectivity index (χ1v) is 7.62. The van der Waals surface area contributed by atoms with Crippen LogP contribution in [0.3, 0.4) is 0 Å². The molecule has 2 aliphatic heterocycles. The van der Waals surface area contributed by atoms with Crippen molar-refractivity contribution in [2.45, 2.75) is 25.1 Å². The van der Waals surface area contributed by atoms with Crippen LogP contribution in [0.15, 0.2) is 24.3 Å². The number of hydrogen-bond acceptors (Lipinski definition) is 3. The summed E-state index contributed by atoms with van der Waals surface area (Å²) in [6.45, 7) is 2.66. The summed E-state index contributed by atoms with van der Waals surface area (Å²) in [6, 6.07) is 6.57. The lowest BCUT2D eigenvalue weighted by Crippen LogP contribution is -2.64. The molecule has 20 heavy (non-hydrogen) atoms. The molecule has 2 aliphatic rings. The first-order valence-electron chi connectivity index (χ1n) is 6.54. The normalized spacial score (nSPS) is 29.9. The van der Waals surface area contributed by atoms with Crippen molar-refractivity contribution < 1.29 is 14.3 Å². The van der Waals surface area contributed by atoms with Crippen LogP contribution in [-0.4, -0.2) is 42.0 Å². The summed E-state index contributed by atoms with van der Waals surface area (Å²) in [7, 11) is 0. The highest BCUT2D eigenvalue weighted by atomic mass is 127. The molecule has 1 N–H and O–H groups in total. The Labute approximate surface area is 130 Å². The van der Waals surface area contributed by atoms with Crippen molar-refractivity contribution in [3.63, 3.8) is 0 Å². The van der Waals surface area contributed by atoms with Gasteiger partial charge in [0, 0.05) is 10.1 Å². The van der Waals surface area contributed by atoms with E-state index in [1.807, 2.05) is 31.2 Å². The van der Waals surface area contributed by atoms with Gasteiger partial charge in [0.1, 0.15) is 12.1 Å². The molecule has 2 amide bonds. The van der Waals surface area contributed by atoms with Crippen LogP contribution in [0, 0.1) is 3.57 Å². The highest BCUT2D eigenvalue weighted by Gasteiger charge is 2.44. The van der Waals surface area contributed by atoms with Crippen LogP contribution >= 0.6 is 22.6 Å². The number of morpholine rings is 1. The topological polar surface area (TPSA) is 58.6 Å². The number of ether oxygens (including phenoxy) is 1. The number of amides is 2. The van der Waals surface area contributed by atoms with Gasteiger partial charge in [-0.1, -0.05) is 12.1 Å². The lowest BCUT2D eigenvalue weighted by molar-refractivity contribution is -0.162. The second-order valence-electron chi connectivity index (χ2n) is 5.15. The number of carbonyl (C=O) groups excluding carboxylic acids is 2. The predicted octanol–water partition coefficient (Wildman–Crippen LogP) is 1.08. The van der Waals surface area contributed by atoms with E-state index in [1.165, 1.54) is 0 Å². The van der Waals surface area contributed by atoms with Gasteiger partial charge in [-0.2, -0.15) is 0 Å². The van der Waals surface area contributed by atoms with Crippen molar-refractivity contribution in [1.29, 1.82) is 0 Å². The maximum absolute atomic E-state index is 12.6. The standard InChI is InChI=1S/C14H15IN2O3/c1-8-6-17-11(7-20-8)13(18)16-12(14(17)19)9-3-2-4-10(15)5-9/h2-5,8,11-12H,6-7H2,1H3,(H,16,18)/t8-,11-,12?/m0/s1. The van der Waals surface area contributed by atoms with E-state index >= 15 is 0 Å². The molecule has 3 rings (SSSR count). The number of nitrogens with one attached hydrogen (secondary N) is 1. The molecule has 3 atom stereocenters. The molecule has 1 unspecified atom stereocenters. The van der Waals surface area contributed by atoms with Crippen molar-refractivity contribution in [1.82, 2.24) is 10.2 Å². The highest BCUT2D eigenvalue weighted by Crippen LogP contribution is 2.26. The van der Waals surface area contributed by atoms with Gasteiger partial charge in [-0.25, -0.2) is 0 Å². The Balaban J connectivity index is 1.90. The van der Waals surface area contributed by atoms with Crippen molar-refractivity contribution in [3.8, 4) is 0 Å². The molecule has 0 bridgehead atoms. The summed E-state index contributed by atoms with van der Waals surface area (Å²) in [4.78, 5) is 26.4. The van der Waals surface area contributed by atoms with Gasteiger partial charge >= 0.3 is 0 Å². The van der Waals surface area contributed by atoms with E-state index in [0.717, 1.165) is 9.13 Å². The fourth-order valence-electron chi connectivity index (χ4n) is 2.64. The van der Waals surface area contributed by atoms with E-state index in [1.54, 1.807) is 4.90 Å². The largest absolute Gasteiger partial charge is 0.374 e. The van der Waals surface area contributed by atoms with Gasteiger partial charge in [0.25, 0.3) is 5.91 Å². The zero-order chi connectivity index (χ0) is 14.3. The molecule has 2 fully saturated rings. The number of fused-ring (bicyclic) bond motifs is 1. The fourth-order valence-corrected chi connectivity index (χ4v) is 3.21. The van der Waals surface area contributed by atoms with Crippen LogP contribution in [0.25, 0.3) is 0 Å². The summed E-state index contributed by atoms with van der Waals surface area (Å²) in [5.41, 5.74) is 0.827. The Hall–Kier alpha value is -1.15. The van der Waals surface area contributed by atoms with Crippen molar-refractivity contribution >= 4 is 34.4 Å². The zero-order valence-corrected chi connectivity index (χ0v) is 13.2. The van der Waals surface area contributed by atoms with Crippen LogP contribution in [0.1, 0.15) is 18.5 Å². The number of benzene rings is 1. The number of rotatable bonds is 1. The van der Waals surface area contributed by atoms with Gasteiger partial charge in [-0.3, -0.25) is 9.59 Å². The van der Waals surface area contributed by atoms with Gasteiger partial charge in [0.05, 0.1) is 12.7 Å². The van der Waals surface area contributed by atoms with E-state index in [0.29, 0.717) is 6.54 Å². The van der Waals surface area contributed by atoms with Crippen molar-refractivity contribution in [2.24, 2.45) is 0 Å². The van der Waals surface area contributed by atoms with Gasteiger partial charge in [-0.15, -0.1) is 0 Å². The second-order valence-corrected chi connectivity index (χ2v) is 6.39. The van der Waals surface area contributed by atoms with Crippen molar-refractivity contribution in [3.05, 3.63) is 33.4 Å². The second kappa shape index (κ2) is 5.33. The molecule has 2 saturated heterocycles. The summed E-state index contributed by atoms with van der Waals surface area (Å²) in [6.07, 6.45) is -0.0299. The molecule has 5 nitrogen and oxygen atoms in total. The molecular formula is C14H15IN2O3. The molecule has 6 heteroatoms. The minimum Gasteiger partial charge on any atom is -0.374 e. The quantitative estimate of drug-likeness (QED) is 0.735. The third-order valence-corrected chi connectivity index (χ3v) is 4.34. The lowest BCUT2D eigenvalue weighted by Gasteiger charge is -2.43. The number of hydrogen-bond donors (Lipinski definition) is 1. The Morgan fingerprint density at radius 2 is 2.20 bits per heavy atom. The molecule has 0 saturated carbocycles. The molecule has 2 heterocycles. The van der Waals surface area contributed by atoms with E-state index in [-0.39, 0.29) is 24.5 Å². The number of halogens is 1. The van der Waals surface area contributed by atoms with Gasteiger partial charge < -0.3 is 15.0 Å². The van der Waals surface area contributed by atoms with Crippen LogP contribution in [0.4, 0.5) is 0 Å². The molecule has 106 valence electrons. The number of nitrogens with zero attached hydrogens (tertiary/aromatic N) is 1. The Morgan fingerprint density at radius 3 is 2.95 bits per heavy atom. The Bertz CT molecular complexity index is 563. The molecule has 0 spiro atoms. The van der Waals surface area contributed by atoms with Crippen LogP contribution in [0.5, 0.6) is 0 Å². The smallest absolute Gasteiger partial charge is 0.250 e.